The van der Waals surface area contributed by atoms with Gasteiger partial charge in [-0.25, -0.2) is 0 Å². The van der Waals surface area contributed by atoms with Crippen molar-refractivity contribution >= 4 is 54.1 Å². The van der Waals surface area contributed by atoms with Gasteiger partial charge in [0.25, 0.3) is 0 Å². The van der Waals surface area contributed by atoms with E-state index in [0.717, 1.165) is 52.0 Å². The van der Waals surface area contributed by atoms with Gasteiger partial charge in [-0.3, -0.25) is 4.79 Å². The highest BCUT2D eigenvalue weighted by Crippen LogP contribution is 2.40. The summed E-state index contributed by atoms with van der Waals surface area (Å²) in [6.45, 7) is 7.84. The third-order valence-corrected chi connectivity index (χ3v) is 7.08. The van der Waals surface area contributed by atoms with Crippen molar-refractivity contribution in [2.75, 3.05) is 33.9 Å². The van der Waals surface area contributed by atoms with E-state index in [-0.39, 0.29) is 5.43 Å². The monoisotopic (exact) mass is 444 g/mol. The van der Waals surface area contributed by atoms with Gasteiger partial charge in [0.2, 0.25) is 5.43 Å². The molecule has 0 atom stereocenters. The summed E-state index contributed by atoms with van der Waals surface area (Å²) < 4.78 is 15.1. The molecule has 0 saturated heterocycles. The van der Waals surface area contributed by atoms with Gasteiger partial charge >= 0.3 is 0 Å². The summed E-state index contributed by atoms with van der Waals surface area (Å²) in [6.07, 6.45) is 0. The number of methoxy groups -OCH3 is 2. The number of halogens is 1. The standard InChI is InChI=1S/C23H25ClN2O3S/c1-5-25(6-2)9-10-26-17-13-19(29-4)18(28-3)12-16(17)23-21(26)22(27)15-8-7-14(24)11-20(15)30-23/h7-8,11-13H,5-6,9-10H2,1-4H3. The molecule has 0 unspecified atom stereocenters. The van der Waals surface area contributed by atoms with Gasteiger partial charge in [-0.15, -0.1) is 11.3 Å². The van der Waals surface area contributed by atoms with Crippen LogP contribution in [0.2, 0.25) is 5.02 Å². The van der Waals surface area contributed by atoms with Crippen molar-refractivity contribution in [1.82, 2.24) is 9.47 Å². The number of fused-ring (bicyclic) bond motifs is 4. The fourth-order valence-electron chi connectivity index (χ4n) is 3.99. The molecule has 0 radical (unpaired) electrons. The van der Waals surface area contributed by atoms with Gasteiger partial charge in [0, 0.05) is 39.7 Å². The molecule has 0 N–H and O–H groups in total. The molecule has 0 aliphatic carbocycles. The minimum Gasteiger partial charge on any atom is -0.493 e. The molecule has 0 saturated carbocycles. The molecule has 0 fully saturated rings. The fraction of sp³-hybridized carbons (Fsp3) is 0.348. The van der Waals surface area contributed by atoms with E-state index < -0.39 is 0 Å². The molecule has 4 rings (SSSR count). The Morgan fingerprint density at radius 1 is 1.03 bits per heavy atom. The Morgan fingerprint density at radius 3 is 2.40 bits per heavy atom. The number of rotatable bonds is 7. The predicted octanol–water partition coefficient (Wildman–Crippen LogP) is 5.38. The van der Waals surface area contributed by atoms with E-state index in [9.17, 15) is 4.79 Å². The van der Waals surface area contributed by atoms with Crippen molar-refractivity contribution in [3.63, 3.8) is 0 Å². The quantitative estimate of drug-likeness (QED) is 0.383. The Labute approximate surface area is 184 Å². The van der Waals surface area contributed by atoms with Crippen LogP contribution in [0.25, 0.3) is 31.2 Å². The zero-order valence-electron chi connectivity index (χ0n) is 17.6. The second-order valence-corrected chi connectivity index (χ2v) is 8.64. The molecular weight excluding hydrogens is 420 g/mol. The first-order valence-corrected chi connectivity index (χ1v) is 11.2. The minimum atomic E-state index is 0.0316. The van der Waals surface area contributed by atoms with Gasteiger partial charge in [-0.1, -0.05) is 25.4 Å². The largest absolute Gasteiger partial charge is 0.493 e. The van der Waals surface area contributed by atoms with Crippen LogP contribution in [0.4, 0.5) is 0 Å². The SMILES string of the molecule is CCN(CC)CCn1c2cc(OC)c(OC)cc2c2sc3cc(Cl)ccc3c(=O)c21. The van der Waals surface area contributed by atoms with E-state index in [1.165, 1.54) is 0 Å². The Bertz CT molecular complexity index is 1290. The molecule has 5 nitrogen and oxygen atoms in total. The molecule has 0 aliphatic heterocycles. The second kappa shape index (κ2) is 8.46. The van der Waals surface area contributed by atoms with Crippen molar-refractivity contribution in [3.05, 3.63) is 45.6 Å². The summed E-state index contributed by atoms with van der Waals surface area (Å²) in [5, 5.41) is 2.32. The highest BCUT2D eigenvalue weighted by molar-refractivity contribution is 7.25. The Hall–Kier alpha value is -2.28. The van der Waals surface area contributed by atoms with Crippen LogP contribution in [0.1, 0.15) is 13.8 Å². The number of hydrogen-bond acceptors (Lipinski definition) is 5. The van der Waals surface area contributed by atoms with Crippen molar-refractivity contribution in [1.29, 1.82) is 0 Å². The number of ether oxygens (including phenoxy) is 2. The van der Waals surface area contributed by atoms with Crippen LogP contribution in [0.3, 0.4) is 0 Å². The van der Waals surface area contributed by atoms with Crippen molar-refractivity contribution in [2.24, 2.45) is 0 Å². The van der Waals surface area contributed by atoms with E-state index in [2.05, 4.69) is 23.3 Å². The molecule has 4 aromatic rings. The summed E-state index contributed by atoms with van der Waals surface area (Å²) in [7, 11) is 3.26. The van der Waals surface area contributed by atoms with Crippen LogP contribution >= 0.6 is 22.9 Å². The Balaban J connectivity index is 2.08. The van der Waals surface area contributed by atoms with Crippen LogP contribution in [0.5, 0.6) is 11.5 Å². The number of benzene rings is 2. The summed E-state index contributed by atoms with van der Waals surface area (Å²) >= 11 is 7.80. The lowest BCUT2D eigenvalue weighted by Gasteiger charge is -2.19. The van der Waals surface area contributed by atoms with Gasteiger partial charge in [-0.2, -0.15) is 0 Å². The fourth-order valence-corrected chi connectivity index (χ4v) is 5.48. The highest BCUT2D eigenvalue weighted by Gasteiger charge is 2.20. The zero-order chi connectivity index (χ0) is 21.4. The first kappa shape index (κ1) is 21.0. The van der Waals surface area contributed by atoms with E-state index in [4.69, 9.17) is 21.1 Å². The lowest BCUT2D eigenvalue weighted by atomic mass is 10.2. The molecule has 0 spiro atoms. The van der Waals surface area contributed by atoms with Crippen LogP contribution in [0.15, 0.2) is 35.1 Å². The van der Waals surface area contributed by atoms with Gasteiger partial charge in [-0.05, 0) is 37.4 Å². The number of hydrogen-bond donors (Lipinski definition) is 0. The molecule has 0 bridgehead atoms. The average molecular weight is 445 g/mol. The van der Waals surface area contributed by atoms with Gasteiger partial charge in [0.15, 0.2) is 11.5 Å². The highest BCUT2D eigenvalue weighted by atomic mass is 35.5. The lowest BCUT2D eigenvalue weighted by Crippen LogP contribution is -2.27. The van der Waals surface area contributed by atoms with E-state index in [1.54, 1.807) is 31.6 Å². The van der Waals surface area contributed by atoms with E-state index in [1.807, 2.05) is 24.3 Å². The maximum absolute atomic E-state index is 13.5. The van der Waals surface area contributed by atoms with Gasteiger partial charge in [0.1, 0.15) is 5.52 Å². The molecule has 2 heterocycles. The van der Waals surface area contributed by atoms with Crippen molar-refractivity contribution in [2.45, 2.75) is 20.4 Å². The topological polar surface area (TPSA) is 43.7 Å². The summed E-state index contributed by atoms with van der Waals surface area (Å²) in [6, 6.07) is 9.40. The average Bonchev–Trinajstić information content (AvgIpc) is 3.06. The molecule has 2 aromatic heterocycles. The second-order valence-electron chi connectivity index (χ2n) is 7.15. The molecule has 30 heavy (non-hydrogen) atoms. The third-order valence-electron chi connectivity index (χ3n) is 5.67. The van der Waals surface area contributed by atoms with Crippen molar-refractivity contribution < 1.29 is 9.47 Å². The lowest BCUT2D eigenvalue weighted by molar-refractivity contribution is 0.293. The number of aromatic nitrogens is 1. The number of likely N-dealkylation sites (N-methyl/N-ethyl adjacent to an activating group) is 1. The van der Waals surface area contributed by atoms with Crippen LogP contribution in [-0.4, -0.2) is 43.3 Å². The molecule has 0 aliphatic rings. The molecule has 2 aromatic carbocycles. The molecule has 158 valence electrons. The normalized spacial score (nSPS) is 11.8. The molecular formula is C23H25ClN2O3S. The smallest absolute Gasteiger partial charge is 0.212 e. The summed E-state index contributed by atoms with van der Waals surface area (Å²) in [5.74, 6) is 1.31. The Morgan fingerprint density at radius 2 is 1.73 bits per heavy atom. The maximum Gasteiger partial charge on any atom is 0.212 e. The first-order chi connectivity index (χ1) is 14.5. The van der Waals surface area contributed by atoms with E-state index >= 15 is 0 Å². The number of nitrogens with zero attached hydrogens (tertiary/aromatic N) is 2. The molecule has 0 amide bonds. The zero-order valence-corrected chi connectivity index (χ0v) is 19.2. The summed E-state index contributed by atoms with van der Waals surface area (Å²) in [5.41, 5.74) is 1.74. The summed E-state index contributed by atoms with van der Waals surface area (Å²) in [4.78, 5) is 15.9. The van der Waals surface area contributed by atoms with Crippen molar-refractivity contribution in [3.8, 4) is 11.5 Å². The van der Waals surface area contributed by atoms with Gasteiger partial charge < -0.3 is 18.9 Å². The maximum atomic E-state index is 13.5. The van der Waals surface area contributed by atoms with Crippen LogP contribution in [-0.2, 0) is 6.54 Å². The molecule has 7 heteroatoms. The predicted molar refractivity (Wildman–Crippen MR) is 127 cm³/mol. The van der Waals surface area contributed by atoms with Gasteiger partial charge in [0.05, 0.1) is 24.4 Å². The van der Waals surface area contributed by atoms with E-state index in [0.29, 0.717) is 21.9 Å². The van der Waals surface area contributed by atoms with Crippen LogP contribution < -0.4 is 14.9 Å². The van der Waals surface area contributed by atoms with Crippen LogP contribution in [0, 0.1) is 0 Å². The Kier molecular flexibility index (Phi) is 5.91. The third kappa shape index (κ3) is 3.43. The minimum absolute atomic E-state index is 0.0316. The first-order valence-electron chi connectivity index (χ1n) is 10.0.